The predicted molar refractivity (Wildman–Crippen MR) is 84.6 cm³/mol. The van der Waals surface area contributed by atoms with Crippen LogP contribution < -0.4 is 10.1 Å². The van der Waals surface area contributed by atoms with Crippen molar-refractivity contribution < 1.29 is 9.13 Å². The average Bonchev–Trinajstić information content (AvgIpc) is 3.01. The van der Waals surface area contributed by atoms with E-state index >= 15 is 0 Å². The van der Waals surface area contributed by atoms with E-state index in [9.17, 15) is 4.39 Å². The van der Waals surface area contributed by atoms with Crippen molar-refractivity contribution in [3.05, 3.63) is 45.8 Å². The number of imidazole rings is 1. The molecule has 0 aliphatic rings. The maximum Gasteiger partial charge on any atom is 0.243 e. The Balaban J connectivity index is 1.97. The van der Waals surface area contributed by atoms with E-state index in [2.05, 4.69) is 26.2 Å². The van der Waals surface area contributed by atoms with Crippen LogP contribution in [0.1, 0.15) is 12.6 Å². The Bertz CT molecular complexity index is 771. The lowest BCUT2D eigenvalue weighted by Gasteiger charge is -2.08. The molecule has 3 aromatic rings. The number of nitrogens with zero attached hydrogens (tertiary/aromatic N) is 2. The van der Waals surface area contributed by atoms with Crippen LogP contribution in [0.3, 0.4) is 0 Å². The van der Waals surface area contributed by atoms with Crippen molar-refractivity contribution in [1.82, 2.24) is 14.7 Å². The molecular formula is C14H13BrFN3OS. The van der Waals surface area contributed by atoms with Gasteiger partial charge < -0.3 is 10.1 Å². The number of aromatic nitrogens is 2. The normalized spacial score (nSPS) is 11.2. The third-order valence-electron chi connectivity index (χ3n) is 2.97. The number of thiazole rings is 1. The fourth-order valence-corrected chi connectivity index (χ4v) is 3.12. The molecule has 0 bridgehead atoms. The Morgan fingerprint density at radius 2 is 2.33 bits per heavy atom. The van der Waals surface area contributed by atoms with Crippen LogP contribution in [0, 0.1) is 5.82 Å². The van der Waals surface area contributed by atoms with Crippen LogP contribution in [-0.4, -0.2) is 15.9 Å². The molecule has 0 unspecified atom stereocenters. The number of halogens is 2. The van der Waals surface area contributed by atoms with Crippen LogP contribution in [0.4, 0.5) is 4.39 Å². The Morgan fingerprint density at radius 1 is 1.48 bits per heavy atom. The van der Waals surface area contributed by atoms with Crippen molar-refractivity contribution in [3.8, 4) is 11.6 Å². The van der Waals surface area contributed by atoms with Gasteiger partial charge in [-0.2, -0.15) is 4.98 Å². The van der Waals surface area contributed by atoms with Gasteiger partial charge in [0.25, 0.3) is 0 Å². The van der Waals surface area contributed by atoms with Crippen LogP contribution in [-0.2, 0) is 6.54 Å². The van der Waals surface area contributed by atoms with Crippen molar-refractivity contribution in [2.75, 3.05) is 6.54 Å². The SMILES string of the molecule is CCNCc1c(Oc2ccc(F)cc2Br)nc2sccn12. The molecule has 7 heteroatoms. The second kappa shape index (κ2) is 6.13. The average molecular weight is 370 g/mol. The molecule has 110 valence electrons. The molecule has 0 saturated heterocycles. The Hall–Kier alpha value is -1.44. The van der Waals surface area contributed by atoms with E-state index in [1.165, 1.54) is 12.1 Å². The van der Waals surface area contributed by atoms with E-state index in [0.29, 0.717) is 22.6 Å². The number of fused-ring (bicyclic) bond motifs is 1. The van der Waals surface area contributed by atoms with Crippen LogP contribution in [0.5, 0.6) is 11.6 Å². The van der Waals surface area contributed by atoms with E-state index in [1.54, 1.807) is 17.4 Å². The number of nitrogens with one attached hydrogen (secondary N) is 1. The maximum atomic E-state index is 13.1. The molecule has 0 aliphatic heterocycles. The summed E-state index contributed by atoms with van der Waals surface area (Å²) in [5.41, 5.74) is 0.948. The molecule has 0 spiro atoms. The standard InChI is InChI=1S/C14H13BrFN3OS/c1-2-17-8-11-13(18-14-19(11)5-6-21-14)20-12-4-3-9(16)7-10(12)15/h3-7,17H,2,8H2,1H3. The van der Waals surface area contributed by atoms with Crippen molar-refractivity contribution in [2.45, 2.75) is 13.5 Å². The number of hydrogen-bond acceptors (Lipinski definition) is 4. The molecule has 0 amide bonds. The van der Waals surface area contributed by atoms with Crippen molar-refractivity contribution in [1.29, 1.82) is 0 Å². The molecule has 4 nitrogen and oxygen atoms in total. The zero-order valence-corrected chi connectivity index (χ0v) is 13.7. The van der Waals surface area contributed by atoms with Crippen LogP contribution in [0.25, 0.3) is 4.96 Å². The van der Waals surface area contributed by atoms with Crippen LogP contribution in [0.15, 0.2) is 34.2 Å². The van der Waals surface area contributed by atoms with Gasteiger partial charge in [-0.15, -0.1) is 11.3 Å². The van der Waals surface area contributed by atoms with E-state index < -0.39 is 0 Å². The minimum Gasteiger partial charge on any atom is -0.436 e. The first-order chi connectivity index (χ1) is 10.2. The zero-order valence-electron chi connectivity index (χ0n) is 11.3. The summed E-state index contributed by atoms with van der Waals surface area (Å²) in [6, 6.07) is 4.32. The lowest BCUT2D eigenvalue weighted by atomic mass is 10.3. The molecule has 0 saturated carbocycles. The molecule has 0 aliphatic carbocycles. The summed E-state index contributed by atoms with van der Waals surface area (Å²) in [4.78, 5) is 5.36. The third-order valence-corrected chi connectivity index (χ3v) is 4.34. The Morgan fingerprint density at radius 3 is 3.10 bits per heavy atom. The van der Waals surface area contributed by atoms with Gasteiger partial charge in [0, 0.05) is 18.1 Å². The molecule has 0 radical (unpaired) electrons. The first-order valence-corrected chi connectivity index (χ1v) is 8.14. The molecule has 1 N–H and O–H groups in total. The number of benzene rings is 1. The Kier molecular flexibility index (Phi) is 4.23. The summed E-state index contributed by atoms with van der Waals surface area (Å²) in [6.45, 7) is 3.56. The van der Waals surface area contributed by atoms with Crippen molar-refractivity contribution in [2.24, 2.45) is 0 Å². The van der Waals surface area contributed by atoms with Gasteiger partial charge in [-0.05, 0) is 40.7 Å². The van der Waals surface area contributed by atoms with Gasteiger partial charge >= 0.3 is 0 Å². The highest BCUT2D eigenvalue weighted by molar-refractivity contribution is 9.10. The molecule has 0 fully saturated rings. The Labute approximate surface area is 133 Å². The molecule has 3 rings (SSSR count). The van der Waals surface area contributed by atoms with Crippen LogP contribution in [0.2, 0.25) is 0 Å². The molecule has 1 aromatic carbocycles. The maximum absolute atomic E-state index is 13.1. The fraction of sp³-hybridized carbons (Fsp3) is 0.214. The third kappa shape index (κ3) is 2.95. The summed E-state index contributed by atoms with van der Waals surface area (Å²) in [5.74, 6) is 0.767. The van der Waals surface area contributed by atoms with E-state index in [1.807, 2.05) is 22.9 Å². The quantitative estimate of drug-likeness (QED) is 0.732. The largest absolute Gasteiger partial charge is 0.436 e. The van der Waals surface area contributed by atoms with E-state index in [0.717, 1.165) is 17.2 Å². The van der Waals surface area contributed by atoms with Crippen molar-refractivity contribution >= 4 is 32.2 Å². The summed E-state index contributed by atoms with van der Waals surface area (Å²) in [5, 5.41) is 5.26. The molecule has 21 heavy (non-hydrogen) atoms. The van der Waals surface area contributed by atoms with E-state index in [4.69, 9.17) is 4.74 Å². The van der Waals surface area contributed by atoms with Gasteiger partial charge in [0.2, 0.25) is 5.88 Å². The predicted octanol–water partition coefficient (Wildman–Crippen LogP) is 4.20. The second-order valence-corrected chi connectivity index (χ2v) is 6.10. The highest BCUT2D eigenvalue weighted by Crippen LogP contribution is 2.32. The molecule has 2 heterocycles. The van der Waals surface area contributed by atoms with Gasteiger partial charge in [-0.25, -0.2) is 4.39 Å². The molecular weight excluding hydrogens is 357 g/mol. The summed E-state index contributed by atoms with van der Waals surface area (Å²) >= 11 is 4.85. The van der Waals surface area contributed by atoms with Crippen molar-refractivity contribution in [3.63, 3.8) is 0 Å². The van der Waals surface area contributed by atoms with Gasteiger partial charge in [0.15, 0.2) is 4.96 Å². The summed E-state index contributed by atoms with van der Waals surface area (Å²) in [7, 11) is 0. The summed E-state index contributed by atoms with van der Waals surface area (Å²) < 4.78 is 21.6. The van der Waals surface area contributed by atoms with Gasteiger partial charge in [0.1, 0.15) is 17.3 Å². The highest BCUT2D eigenvalue weighted by atomic mass is 79.9. The first kappa shape index (κ1) is 14.5. The smallest absolute Gasteiger partial charge is 0.243 e. The zero-order chi connectivity index (χ0) is 14.8. The highest BCUT2D eigenvalue weighted by Gasteiger charge is 2.16. The topological polar surface area (TPSA) is 38.6 Å². The summed E-state index contributed by atoms with van der Waals surface area (Å²) in [6.07, 6.45) is 1.96. The number of ether oxygens (including phenoxy) is 1. The molecule has 0 atom stereocenters. The van der Waals surface area contributed by atoms with Gasteiger partial charge in [-0.3, -0.25) is 4.40 Å². The minimum absolute atomic E-state index is 0.312. The van der Waals surface area contributed by atoms with Gasteiger partial charge in [0.05, 0.1) is 4.47 Å². The minimum atomic E-state index is -0.312. The number of rotatable bonds is 5. The lowest BCUT2D eigenvalue weighted by Crippen LogP contribution is -2.13. The van der Waals surface area contributed by atoms with E-state index in [-0.39, 0.29) is 5.82 Å². The monoisotopic (exact) mass is 369 g/mol. The second-order valence-electron chi connectivity index (χ2n) is 4.38. The van der Waals surface area contributed by atoms with Crippen LogP contribution >= 0.6 is 27.3 Å². The lowest BCUT2D eigenvalue weighted by molar-refractivity contribution is 0.451. The fourth-order valence-electron chi connectivity index (χ4n) is 1.96. The number of hydrogen-bond donors (Lipinski definition) is 1. The van der Waals surface area contributed by atoms with Gasteiger partial charge in [-0.1, -0.05) is 6.92 Å². The first-order valence-electron chi connectivity index (χ1n) is 6.47. The molecule has 2 aromatic heterocycles.